The van der Waals surface area contributed by atoms with Crippen LogP contribution in [0.4, 0.5) is 4.79 Å². The molecule has 0 spiro atoms. The minimum Gasteiger partial charge on any atom is -0.453 e. The SMILES string of the molecule is COC(=O)N[C@H](C(=O)N1C[C@H](O)C[C@H]1c1ncc(-c2ccc(-c3ccc4cc(-c5cnc([C@@H]6CCCN6)[nH]5)ccc4n3)cc2)[nH]1)C(C)C. The predicted octanol–water partition coefficient (Wildman–Crippen LogP) is 5.12. The van der Waals surface area contributed by atoms with Crippen molar-refractivity contribution in [1.29, 1.82) is 0 Å². The number of likely N-dealkylation sites (tertiary alicyclic amines) is 1. The topological polar surface area (TPSA) is 161 Å². The first-order valence-electron chi connectivity index (χ1n) is 16.5. The Balaban J connectivity index is 1.06. The average Bonchev–Trinajstić information content (AvgIpc) is 3.93. The van der Waals surface area contributed by atoms with Gasteiger partial charge in [-0.15, -0.1) is 0 Å². The van der Waals surface area contributed by atoms with Crippen LogP contribution < -0.4 is 10.6 Å². The number of aliphatic hydroxyl groups is 1. The number of aromatic nitrogens is 5. The number of ether oxygens (including phenoxy) is 1. The summed E-state index contributed by atoms with van der Waals surface area (Å²) in [5.41, 5.74) is 6.57. The lowest BCUT2D eigenvalue weighted by Gasteiger charge is -2.29. The number of nitrogens with zero attached hydrogens (tertiary/aromatic N) is 4. The van der Waals surface area contributed by atoms with E-state index in [-0.39, 0.29) is 18.4 Å². The van der Waals surface area contributed by atoms with E-state index < -0.39 is 24.3 Å². The van der Waals surface area contributed by atoms with Gasteiger partial charge in [0.05, 0.1) is 60.3 Å². The van der Waals surface area contributed by atoms with E-state index in [9.17, 15) is 14.7 Å². The minimum atomic E-state index is -0.790. The quantitative estimate of drug-likeness (QED) is 0.155. The van der Waals surface area contributed by atoms with Crippen molar-refractivity contribution < 1.29 is 19.4 Å². The van der Waals surface area contributed by atoms with Gasteiger partial charge < -0.3 is 35.3 Å². The maximum absolute atomic E-state index is 13.5. The number of carbonyl (C=O) groups is 2. The molecule has 2 aromatic carbocycles. The zero-order valence-corrected chi connectivity index (χ0v) is 27.2. The molecule has 5 aromatic rings. The molecule has 12 nitrogen and oxygen atoms in total. The van der Waals surface area contributed by atoms with Crippen LogP contribution in [-0.2, 0) is 9.53 Å². The summed E-state index contributed by atoms with van der Waals surface area (Å²) < 4.78 is 4.72. The van der Waals surface area contributed by atoms with Gasteiger partial charge in [0, 0.05) is 29.5 Å². The molecule has 2 aliphatic rings. The molecule has 0 aliphatic carbocycles. The highest BCUT2D eigenvalue weighted by Gasteiger charge is 2.41. The van der Waals surface area contributed by atoms with Gasteiger partial charge in [0.2, 0.25) is 5.91 Å². The number of carbonyl (C=O) groups excluding carboxylic acids is 2. The predicted molar refractivity (Wildman–Crippen MR) is 182 cm³/mol. The molecule has 0 bridgehead atoms. The zero-order valence-electron chi connectivity index (χ0n) is 27.2. The number of hydrogen-bond acceptors (Lipinski definition) is 8. The highest BCUT2D eigenvalue weighted by atomic mass is 16.5. The Labute approximate surface area is 278 Å². The minimum absolute atomic E-state index is 0.155. The van der Waals surface area contributed by atoms with E-state index >= 15 is 0 Å². The molecule has 4 atom stereocenters. The number of hydrogen-bond donors (Lipinski definition) is 5. The Morgan fingerprint density at radius 3 is 2.40 bits per heavy atom. The molecule has 7 rings (SSSR count). The summed E-state index contributed by atoms with van der Waals surface area (Å²) in [6, 6.07) is 17.5. The highest BCUT2D eigenvalue weighted by Crippen LogP contribution is 2.34. The van der Waals surface area contributed by atoms with Crippen LogP contribution in [0.15, 0.2) is 67.0 Å². The largest absolute Gasteiger partial charge is 0.453 e. The Hall–Kier alpha value is -5.07. The molecule has 0 radical (unpaired) electrons. The first-order valence-corrected chi connectivity index (χ1v) is 16.5. The number of alkyl carbamates (subject to hydrolysis) is 1. The number of pyridine rings is 1. The number of methoxy groups -OCH3 is 1. The second-order valence-corrected chi connectivity index (χ2v) is 12.9. The van der Waals surface area contributed by atoms with E-state index in [1.165, 1.54) is 13.5 Å². The van der Waals surface area contributed by atoms with Crippen LogP contribution >= 0.6 is 0 Å². The van der Waals surface area contributed by atoms with E-state index in [4.69, 9.17) is 9.72 Å². The molecule has 0 saturated carbocycles. The summed E-state index contributed by atoms with van der Waals surface area (Å²) in [5, 5.41) is 17.7. The van der Waals surface area contributed by atoms with Crippen LogP contribution in [-0.4, -0.2) is 79.3 Å². The van der Waals surface area contributed by atoms with Gasteiger partial charge in [0.1, 0.15) is 17.7 Å². The molecule has 2 aliphatic heterocycles. The van der Waals surface area contributed by atoms with Gasteiger partial charge in [0.25, 0.3) is 0 Å². The molecule has 0 unspecified atom stereocenters. The van der Waals surface area contributed by atoms with Crippen molar-refractivity contribution in [2.24, 2.45) is 5.92 Å². The highest BCUT2D eigenvalue weighted by molar-refractivity contribution is 5.87. The Morgan fingerprint density at radius 1 is 0.958 bits per heavy atom. The molecular weight excluding hydrogens is 608 g/mol. The van der Waals surface area contributed by atoms with Crippen molar-refractivity contribution in [1.82, 2.24) is 40.5 Å². The van der Waals surface area contributed by atoms with Gasteiger partial charge in [-0.1, -0.05) is 50.2 Å². The molecule has 5 heterocycles. The summed E-state index contributed by atoms with van der Waals surface area (Å²) in [7, 11) is 1.26. The number of fused-ring (bicyclic) bond motifs is 1. The fraction of sp³-hybridized carbons (Fsp3) is 0.361. The monoisotopic (exact) mass is 648 g/mol. The Morgan fingerprint density at radius 2 is 1.67 bits per heavy atom. The smallest absolute Gasteiger partial charge is 0.407 e. The number of amides is 2. The van der Waals surface area contributed by atoms with Crippen molar-refractivity contribution >= 4 is 22.9 Å². The van der Waals surface area contributed by atoms with Crippen molar-refractivity contribution in [3.05, 3.63) is 78.6 Å². The Bertz CT molecular complexity index is 1930. The number of benzene rings is 2. The maximum atomic E-state index is 13.5. The third-order valence-electron chi connectivity index (χ3n) is 9.34. The summed E-state index contributed by atoms with van der Waals surface area (Å²) in [5.74, 6) is 1.11. The third kappa shape index (κ3) is 6.28. The molecule has 12 heteroatoms. The summed E-state index contributed by atoms with van der Waals surface area (Å²) in [4.78, 5) is 48.0. The van der Waals surface area contributed by atoms with Crippen LogP contribution in [0.5, 0.6) is 0 Å². The van der Waals surface area contributed by atoms with E-state index in [0.717, 1.165) is 63.5 Å². The lowest BCUT2D eigenvalue weighted by Crippen LogP contribution is -2.51. The standard InChI is InChI=1S/C36H40N8O4/c1-20(2)32(43-36(47)48-3)35(46)44-19-25(45)16-31(44)34-39-17-29(42-34)22-8-6-21(7-9-22)26-12-10-23-15-24(11-13-27(23)40-26)30-18-38-33(41-30)28-5-4-14-37-28/h6-13,15,17-18,20,25,28,31-32,37,45H,4-5,14,16,19H2,1-3H3,(H,38,41)(H,39,42)(H,43,47)/t25-,28+,31+,32+/m1/s1. The summed E-state index contributed by atoms with van der Waals surface area (Å²) in [6.45, 7) is 4.89. The van der Waals surface area contributed by atoms with Gasteiger partial charge in [-0.05, 0) is 49.1 Å². The first kappa shape index (κ1) is 31.5. The van der Waals surface area contributed by atoms with E-state index in [2.05, 4.69) is 48.8 Å². The number of rotatable bonds is 8. The van der Waals surface area contributed by atoms with E-state index in [1.807, 2.05) is 56.4 Å². The van der Waals surface area contributed by atoms with Crippen LogP contribution in [0.3, 0.4) is 0 Å². The number of aromatic amines is 2. The molecule has 2 saturated heterocycles. The lowest BCUT2D eigenvalue weighted by atomic mass is 10.0. The average molecular weight is 649 g/mol. The van der Waals surface area contributed by atoms with Crippen molar-refractivity contribution in [2.45, 2.75) is 57.3 Å². The van der Waals surface area contributed by atoms with E-state index in [0.29, 0.717) is 18.3 Å². The molecular formula is C36H40N8O4. The number of H-pyrrole nitrogens is 2. The maximum Gasteiger partial charge on any atom is 0.407 e. The van der Waals surface area contributed by atoms with Gasteiger partial charge in [-0.2, -0.15) is 0 Å². The molecule has 2 fully saturated rings. The fourth-order valence-electron chi connectivity index (χ4n) is 6.70. The number of nitrogens with one attached hydrogen (secondary N) is 4. The number of imidazole rings is 2. The second-order valence-electron chi connectivity index (χ2n) is 12.9. The van der Waals surface area contributed by atoms with Crippen LogP contribution in [0.1, 0.15) is 56.8 Å². The van der Waals surface area contributed by atoms with Gasteiger partial charge in [0.15, 0.2) is 0 Å². The van der Waals surface area contributed by atoms with E-state index in [1.54, 1.807) is 11.1 Å². The first-order chi connectivity index (χ1) is 23.3. The molecule has 48 heavy (non-hydrogen) atoms. The van der Waals surface area contributed by atoms with Gasteiger partial charge >= 0.3 is 6.09 Å². The van der Waals surface area contributed by atoms with Crippen LogP contribution in [0.2, 0.25) is 0 Å². The van der Waals surface area contributed by atoms with Crippen molar-refractivity contribution in [2.75, 3.05) is 20.2 Å². The summed E-state index contributed by atoms with van der Waals surface area (Å²) in [6.07, 6.45) is 4.89. The van der Waals surface area contributed by atoms with Gasteiger partial charge in [-0.3, -0.25) is 4.79 Å². The van der Waals surface area contributed by atoms with Crippen molar-refractivity contribution in [3.63, 3.8) is 0 Å². The number of aliphatic hydroxyl groups excluding tert-OH is 1. The summed E-state index contributed by atoms with van der Waals surface area (Å²) >= 11 is 0. The molecule has 5 N–H and O–H groups in total. The number of β-amino-alcohol motifs (C(OH)–C–C–N with tert-alkyl or cyclic N) is 1. The molecule has 248 valence electrons. The van der Waals surface area contributed by atoms with Crippen molar-refractivity contribution in [3.8, 4) is 33.8 Å². The Kier molecular flexibility index (Phi) is 8.67. The molecule has 3 aromatic heterocycles. The van der Waals surface area contributed by atoms with Crippen LogP contribution in [0, 0.1) is 5.92 Å². The zero-order chi connectivity index (χ0) is 33.4. The third-order valence-corrected chi connectivity index (χ3v) is 9.34. The van der Waals surface area contributed by atoms with Crippen LogP contribution in [0.25, 0.3) is 44.7 Å². The molecule has 2 amide bonds. The fourth-order valence-corrected chi connectivity index (χ4v) is 6.70. The van der Waals surface area contributed by atoms with Gasteiger partial charge in [-0.25, -0.2) is 19.7 Å². The second kappa shape index (κ2) is 13.2. The lowest BCUT2D eigenvalue weighted by molar-refractivity contribution is -0.135. The normalized spacial score (nSPS) is 20.0.